The lowest BCUT2D eigenvalue weighted by Gasteiger charge is -2.29. The van der Waals surface area contributed by atoms with Crippen molar-refractivity contribution in [1.29, 1.82) is 0 Å². The number of fused-ring (bicyclic) bond motifs is 1. The highest BCUT2D eigenvalue weighted by atomic mass is 32.2. The average molecular weight is 413 g/mol. The Morgan fingerprint density at radius 2 is 1.59 bits per heavy atom. The number of para-hydroxylation sites is 2. The van der Waals surface area contributed by atoms with E-state index in [1.54, 1.807) is 11.8 Å². The molecule has 156 valence electrons. The number of aromatic hydroxyl groups is 1. The Bertz CT molecular complexity index is 928. The Balaban J connectivity index is 1.78. The van der Waals surface area contributed by atoms with Crippen LogP contribution in [0.5, 0.6) is 5.75 Å². The molecule has 3 aromatic rings. The van der Waals surface area contributed by atoms with Gasteiger partial charge in [0.25, 0.3) is 0 Å². The SMILES string of the molecule is CC(C)(C)c1cc(C(O)CSCc2nc3ccccc3[nH]2)cc(C(C)(C)C)c1O. The third kappa shape index (κ3) is 4.96. The molecule has 0 aliphatic rings. The molecular weight excluding hydrogens is 380 g/mol. The monoisotopic (exact) mass is 412 g/mol. The number of aromatic amines is 1. The molecule has 0 saturated heterocycles. The molecule has 29 heavy (non-hydrogen) atoms. The van der Waals surface area contributed by atoms with E-state index in [-0.39, 0.29) is 10.8 Å². The molecule has 0 bridgehead atoms. The van der Waals surface area contributed by atoms with Gasteiger partial charge in [-0.15, -0.1) is 0 Å². The molecule has 4 nitrogen and oxygen atoms in total. The van der Waals surface area contributed by atoms with Crippen molar-refractivity contribution in [2.75, 3.05) is 5.75 Å². The van der Waals surface area contributed by atoms with E-state index in [0.717, 1.165) is 33.5 Å². The lowest BCUT2D eigenvalue weighted by atomic mass is 9.78. The fourth-order valence-corrected chi connectivity index (χ4v) is 4.29. The maximum absolute atomic E-state index is 10.9. The van der Waals surface area contributed by atoms with Crippen molar-refractivity contribution < 1.29 is 10.2 Å². The van der Waals surface area contributed by atoms with E-state index in [2.05, 4.69) is 51.5 Å². The number of aliphatic hydroxyl groups is 1. The van der Waals surface area contributed by atoms with Crippen molar-refractivity contribution in [3.63, 3.8) is 0 Å². The first kappa shape index (κ1) is 21.7. The van der Waals surface area contributed by atoms with Gasteiger partial charge in [0.1, 0.15) is 11.6 Å². The van der Waals surface area contributed by atoms with Crippen molar-refractivity contribution >= 4 is 22.8 Å². The average Bonchev–Trinajstić information content (AvgIpc) is 3.02. The highest BCUT2D eigenvalue weighted by molar-refractivity contribution is 7.98. The van der Waals surface area contributed by atoms with Gasteiger partial charge < -0.3 is 15.2 Å². The molecule has 0 spiro atoms. The molecule has 1 unspecified atom stereocenters. The standard InChI is InChI=1S/C24H32N2O2S/c1-23(2,3)16-11-15(12-17(22(16)28)24(4,5)6)20(27)13-29-14-21-25-18-9-7-8-10-19(18)26-21/h7-12,20,27-28H,13-14H2,1-6H3,(H,25,26). The largest absolute Gasteiger partial charge is 0.507 e. The molecule has 5 heteroatoms. The predicted molar refractivity (Wildman–Crippen MR) is 123 cm³/mol. The van der Waals surface area contributed by atoms with Gasteiger partial charge in [0.2, 0.25) is 0 Å². The molecule has 0 aliphatic carbocycles. The molecule has 1 heterocycles. The normalized spacial score (nSPS) is 13.8. The van der Waals surface area contributed by atoms with Crippen LogP contribution in [0.2, 0.25) is 0 Å². The van der Waals surface area contributed by atoms with E-state index in [1.807, 2.05) is 36.4 Å². The van der Waals surface area contributed by atoms with E-state index in [4.69, 9.17) is 0 Å². The van der Waals surface area contributed by atoms with Crippen molar-refractivity contribution in [1.82, 2.24) is 9.97 Å². The van der Waals surface area contributed by atoms with Crippen LogP contribution in [0.4, 0.5) is 0 Å². The molecule has 0 aliphatic heterocycles. The minimum absolute atomic E-state index is 0.207. The number of aromatic nitrogens is 2. The minimum atomic E-state index is -0.604. The lowest BCUT2D eigenvalue weighted by molar-refractivity contribution is 0.203. The zero-order chi connectivity index (χ0) is 21.4. The van der Waals surface area contributed by atoms with Gasteiger partial charge in [0.05, 0.1) is 22.9 Å². The van der Waals surface area contributed by atoms with Crippen LogP contribution in [-0.2, 0) is 16.6 Å². The summed E-state index contributed by atoms with van der Waals surface area (Å²) in [6, 6.07) is 11.9. The van der Waals surface area contributed by atoms with Crippen molar-refractivity contribution in [3.8, 4) is 5.75 Å². The quantitative estimate of drug-likeness (QED) is 0.493. The number of phenolic OH excluding ortho intramolecular Hbond substituents is 1. The molecule has 0 amide bonds. The number of phenols is 1. The summed E-state index contributed by atoms with van der Waals surface area (Å²) in [5, 5.41) is 21.7. The van der Waals surface area contributed by atoms with Crippen LogP contribution in [0, 0.1) is 0 Å². The summed E-state index contributed by atoms with van der Waals surface area (Å²) in [4.78, 5) is 7.92. The number of hydrogen-bond donors (Lipinski definition) is 3. The number of thioether (sulfide) groups is 1. The van der Waals surface area contributed by atoms with Gasteiger partial charge in [-0.25, -0.2) is 4.98 Å². The summed E-state index contributed by atoms with van der Waals surface area (Å²) in [6.07, 6.45) is -0.604. The fraction of sp³-hybridized carbons (Fsp3) is 0.458. The minimum Gasteiger partial charge on any atom is -0.507 e. The smallest absolute Gasteiger partial charge is 0.123 e. The van der Waals surface area contributed by atoms with E-state index >= 15 is 0 Å². The molecule has 0 saturated carbocycles. The first-order valence-corrected chi connectivity index (χ1v) is 11.2. The molecule has 0 fully saturated rings. The van der Waals surface area contributed by atoms with Crippen LogP contribution in [0.25, 0.3) is 11.0 Å². The van der Waals surface area contributed by atoms with E-state index in [9.17, 15) is 10.2 Å². The molecular formula is C24H32N2O2S. The fourth-order valence-electron chi connectivity index (χ4n) is 3.43. The second-order valence-electron chi connectivity index (χ2n) is 9.70. The number of imidazole rings is 1. The van der Waals surface area contributed by atoms with Gasteiger partial charge in [-0.05, 0) is 51.8 Å². The first-order chi connectivity index (χ1) is 13.5. The number of nitrogens with zero attached hydrogens (tertiary/aromatic N) is 1. The second kappa shape index (κ2) is 8.04. The molecule has 3 N–H and O–H groups in total. The number of nitrogens with one attached hydrogen (secondary N) is 1. The van der Waals surface area contributed by atoms with Crippen LogP contribution in [-0.4, -0.2) is 25.9 Å². The van der Waals surface area contributed by atoms with Crippen LogP contribution in [0.15, 0.2) is 36.4 Å². The van der Waals surface area contributed by atoms with Gasteiger partial charge >= 0.3 is 0 Å². The number of aliphatic hydroxyl groups excluding tert-OH is 1. The zero-order valence-electron chi connectivity index (χ0n) is 18.2. The van der Waals surface area contributed by atoms with Gasteiger partial charge in [0, 0.05) is 5.75 Å². The van der Waals surface area contributed by atoms with Crippen molar-refractivity contribution in [3.05, 3.63) is 58.9 Å². The van der Waals surface area contributed by atoms with Crippen LogP contribution < -0.4 is 0 Å². The molecule has 3 rings (SSSR count). The van der Waals surface area contributed by atoms with Crippen molar-refractivity contribution in [2.24, 2.45) is 0 Å². The van der Waals surface area contributed by atoms with Gasteiger partial charge in [-0.2, -0.15) is 11.8 Å². The topological polar surface area (TPSA) is 69.1 Å². The summed E-state index contributed by atoms with van der Waals surface area (Å²) in [7, 11) is 0. The van der Waals surface area contributed by atoms with Gasteiger partial charge in [-0.3, -0.25) is 0 Å². The van der Waals surface area contributed by atoms with Gasteiger partial charge in [0.15, 0.2) is 0 Å². The Labute approximate surface area is 177 Å². The summed E-state index contributed by atoms with van der Waals surface area (Å²) in [6.45, 7) is 12.5. The number of rotatable bonds is 5. The summed E-state index contributed by atoms with van der Waals surface area (Å²) in [5.41, 5.74) is 4.19. The Hall–Kier alpha value is -1.98. The van der Waals surface area contributed by atoms with Crippen molar-refractivity contribution in [2.45, 2.75) is 64.2 Å². The molecule has 0 radical (unpaired) electrons. The summed E-state index contributed by atoms with van der Waals surface area (Å²) >= 11 is 1.65. The maximum atomic E-state index is 10.9. The van der Waals surface area contributed by atoms with E-state index in [1.165, 1.54) is 0 Å². The third-order valence-corrected chi connectivity index (χ3v) is 6.11. The first-order valence-electron chi connectivity index (χ1n) is 10.0. The zero-order valence-corrected chi connectivity index (χ0v) is 19.0. The Morgan fingerprint density at radius 3 is 2.14 bits per heavy atom. The predicted octanol–water partition coefficient (Wildman–Crippen LogP) is 5.83. The summed E-state index contributed by atoms with van der Waals surface area (Å²) in [5.74, 6) is 2.53. The Kier molecular flexibility index (Phi) is 6.02. The number of H-pyrrole nitrogens is 1. The highest BCUT2D eigenvalue weighted by Crippen LogP contribution is 2.41. The summed E-state index contributed by atoms with van der Waals surface area (Å²) < 4.78 is 0. The molecule has 1 atom stereocenters. The molecule has 1 aromatic heterocycles. The number of hydrogen-bond acceptors (Lipinski definition) is 4. The Morgan fingerprint density at radius 1 is 1.00 bits per heavy atom. The number of benzene rings is 2. The van der Waals surface area contributed by atoms with E-state index < -0.39 is 6.10 Å². The van der Waals surface area contributed by atoms with E-state index in [0.29, 0.717) is 17.3 Å². The van der Waals surface area contributed by atoms with Crippen LogP contribution in [0.1, 0.15) is 70.2 Å². The lowest BCUT2D eigenvalue weighted by Crippen LogP contribution is -2.18. The maximum Gasteiger partial charge on any atom is 0.123 e. The molecule has 2 aromatic carbocycles. The van der Waals surface area contributed by atoms with Gasteiger partial charge in [-0.1, -0.05) is 53.7 Å². The second-order valence-corrected chi connectivity index (χ2v) is 10.7. The third-order valence-electron chi connectivity index (χ3n) is 5.09. The highest BCUT2D eigenvalue weighted by Gasteiger charge is 2.27. The van der Waals surface area contributed by atoms with Crippen LogP contribution in [0.3, 0.4) is 0 Å². The van der Waals surface area contributed by atoms with Crippen LogP contribution >= 0.6 is 11.8 Å².